The highest BCUT2D eigenvalue weighted by Crippen LogP contribution is 2.20. The number of amides is 1. The minimum Gasteiger partial charge on any atom is -0.497 e. The third-order valence-corrected chi connectivity index (χ3v) is 6.07. The Hall–Kier alpha value is -3.52. The lowest BCUT2D eigenvalue weighted by atomic mass is 10.1. The molecule has 0 unspecified atom stereocenters. The second kappa shape index (κ2) is 10.7. The number of aryl methyl sites for hydroxylation is 1. The van der Waals surface area contributed by atoms with Gasteiger partial charge in [-0.2, -0.15) is 0 Å². The second-order valence-electron chi connectivity index (χ2n) is 7.18. The lowest BCUT2D eigenvalue weighted by molar-refractivity contribution is -0.123. The number of rotatable bonds is 10. The third-order valence-electron chi connectivity index (χ3n) is 4.67. The Bertz CT molecular complexity index is 1140. The summed E-state index contributed by atoms with van der Waals surface area (Å²) < 4.78 is 38.2. The lowest BCUT2D eigenvalue weighted by Crippen LogP contribution is -2.30. The van der Waals surface area contributed by atoms with Crippen LogP contribution in [0.4, 0.5) is 5.69 Å². The highest BCUT2D eigenvalue weighted by molar-refractivity contribution is 7.92. The standard InChI is InChI=1S/C24H26N2O5S/c1-18-4-3-5-20(16-18)26-32(28,29)23-12-10-22(11-13-23)31-17-24(27)25-15-14-19-6-8-21(30-2)9-7-19/h3-13,16,26H,14-15,17H2,1-2H3,(H,25,27). The highest BCUT2D eigenvalue weighted by Gasteiger charge is 2.14. The molecule has 2 N–H and O–H groups in total. The van der Waals surface area contributed by atoms with Crippen molar-refractivity contribution >= 4 is 21.6 Å². The van der Waals surface area contributed by atoms with Crippen LogP contribution in [-0.4, -0.2) is 34.6 Å². The largest absolute Gasteiger partial charge is 0.497 e. The molecule has 1 amide bonds. The van der Waals surface area contributed by atoms with E-state index in [1.165, 1.54) is 24.3 Å². The van der Waals surface area contributed by atoms with E-state index in [1.54, 1.807) is 25.3 Å². The molecule has 0 saturated heterocycles. The fourth-order valence-electron chi connectivity index (χ4n) is 2.98. The smallest absolute Gasteiger partial charge is 0.261 e. The summed E-state index contributed by atoms with van der Waals surface area (Å²) >= 11 is 0. The number of hydrogen-bond acceptors (Lipinski definition) is 5. The van der Waals surface area contributed by atoms with Crippen molar-refractivity contribution in [1.82, 2.24) is 5.32 Å². The summed E-state index contributed by atoms with van der Waals surface area (Å²) in [6.45, 7) is 2.21. The normalized spacial score (nSPS) is 10.9. The van der Waals surface area contributed by atoms with Crippen molar-refractivity contribution in [2.45, 2.75) is 18.2 Å². The van der Waals surface area contributed by atoms with Gasteiger partial charge in [0.25, 0.3) is 15.9 Å². The van der Waals surface area contributed by atoms with Gasteiger partial charge in [-0.05, 0) is 73.0 Å². The molecule has 3 rings (SSSR count). The van der Waals surface area contributed by atoms with Crippen LogP contribution in [0.25, 0.3) is 0 Å². The molecule has 0 radical (unpaired) electrons. The van der Waals surface area contributed by atoms with E-state index in [4.69, 9.17) is 9.47 Å². The van der Waals surface area contributed by atoms with Crippen molar-refractivity contribution in [1.29, 1.82) is 0 Å². The van der Waals surface area contributed by atoms with E-state index < -0.39 is 10.0 Å². The second-order valence-corrected chi connectivity index (χ2v) is 8.87. The van der Waals surface area contributed by atoms with Crippen molar-refractivity contribution < 1.29 is 22.7 Å². The predicted molar refractivity (Wildman–Crippen MR) is 124 cm³/mol. The van der Waals surface area contributed by atoms with E-state index in [1.807, 2.05) is 37.3 Å². The average Bonchev–Trinajstić information content (AvgIpc) is 2.78. The van der Waals surface area contributed by atoms with E-state index in [2.05, 4.69) is 10.0 Å². The Morgan fingerprint density at radius 1 is 0.938 bits per heavy atom. The number of methoxy groups -OCH3 is 1. The lowest BCUT2D eigenvalue weighted by Gasteiger charge is -2.10. The molecule has 7 nitrogen and oxygen atoms in total. The first kappa shape index (κ1) is 23.1. The Morgan fingerprint density at radius 3 is 2.28 bits per heavy atom. The summed E-state index contributed by atoms with van der Waals surface area (Å²) in [5, 5.41) is 2.80. The van der Waals surface area contributed by atoms with Gasteiger partial charge in [0, 0.05) is 12.2 Å². The Morgan fingerprint density at radius 2 is 1.62 bits per heavy atom. The van der Waals surface area contributed by atoms with Crippen LogP contribution in [0.2, 0.25) is 0 Å². The first-order valence-corrected chi connectivity index (χ1v) is 11.6. The zero-order chi connectivity index (χ0) is 23.0. The molecular weight excluding hydrogens is 428 g/mol. The number of carbonyl (C=O) groups is 1. The van der Waals surface area contributed by atoms with Crippen LogP contribution in [0, 0.1) is 6.92 Å². The number of hydrogen-bond donors (Lipinski definition) is 2. The molecule has 0 aliphatic rings. The first-order chi connectivity index (χ1) is 15.4. The summed E-state index contributed by atoms with van der Waals surface area (Å²) in [6, 6.07) is 20.7. The molecule has 0 spiro atoms. The van der Waals surface area contributed by atoms with Gasteiger partial charge in [0.2, 0.25) is 0 Å². The van der Waals surface area contributed by atoms with E-state index in [0.717, 1.165) is 16.9 Å². The van der Waals surface area contributed by atoms with Gasteiger partial charge >= 0.3 is 0 Å². The molecule has 168 valence electrons. The number of anilines is 1. The Kier molecular flexibility index (Phi) is 7.72. The van der Waals surface area contributed by atoms with Crippen LogP contribution in [0.1, 0.15) is 11.1 Å². The SMILES string of the molecule is COc1ccc(CCNC(=O)COc2ccc(S(=O)(=O)Nc3cccc(C)c3)cc2)cc1. The molecule has 0 aliphatic heterocycles. The average molecular weight is 455 g/mol. The predicted octanol–water partition coefficient (Wildman–Crippen LogP) is 3.54. The van der Waals surface area contributed by atoms with Crippen LogP contribution in [-0.2, 0) is 21.2 Å². The van der Waals surface area contributed by atoms with E-state index in [0.29, 0.717) is 24.4 Å². The molecule has 0 saturated carbocycles. The number of ether oxygens (including phenoxy) is 2. The number of sulfonamides is 1. The Labute approximate surface area is 188 Å². The molecule has 8 heteroatoms. The maximum absolute atomic E-state index is 12.5. The molecule has 0 atom stereocenters. The van der Waals surface area contributed by atoms with Gasteiger partial charge in [-0.1, -0.05) is 24.3 Å². The zero-order valence-corrected chi connectivity index (χ0v) is 18.8. The summed E-state index contributed by atoms with van der Waals surface area (Å²) in [4.78, 5) is 12.1. The third kappa shape index (κ3) is 6.75. The molecule has 0 aromatic heterocycles. The van der Waals surface area contributed by atoms with Gasteiger partial charge in [-0.3, -0.25) is 9.52 Å². The molecule has 3 aromatic carbocycles. The quantitative estimate of drug-likeness (QED) is 0.489. The Balaban J connectivity index is 1.46. The minimum absolute atomic E-state index is 0.107. The topological polar surface area (TPSA) is 93.7 Å². The molecule has 3 aromatic rings. The van der Waals surface area contributed by atoms with E-state index >= 15 is 0 Å². The van der Waals surface area contributed by atoms with Crippen LogP contribution in [0.5, 0.6) is 11.5 Å². The van der Waals surface area contributed by atoms with Crippen molar-refractivity contribution in [2.24, 2.45) is 0 Å². The van der Waals surface area contributed by atoms with Crippen LogP contribution in [0.3, 0.4) is 0 Å². The van der Waals surface area contributed by atoms with Gasteiger partial charge < -0.3 is 14.8 Å². The summed E-state index contributed by atoms with van der Waals surface area (Å²) in [5.41, 5.74) is 2.54. The van der Waals surface area contributed by atoms with Gasteiger partial charge in [0.15, 0.2) is 6.61 Å². The van der Waals surface area contributed by atoms with Crippen molar-refractivity contribution in [3.8, 4) is 11.5 Å². The molecular formula is C24H26N2O5S. The molecule has 0 aliphatic carbocycles. The number of nitrogens with one attached hydrogen (secondary N) is 2. The monoisotopic (exact) mass is 454 g/mol. The van der Waals surface area contributed by atoms with Crippen LogP contribution < -0.4 is 19.5 Å². The van der Waals surface area contributed by atoms with Crippen molar-refractivity contribution in [2.75, 3.05) is 25.0 Å². The first-order valence-electron chi connectivity index (χ1n) is 10.1. The van der Waals surface area contributed by atoms with Gasteiger partial charge in [0.1, 0.15) is 11.5 Å². The minimum atomic E-state index is -3.71. The van der Waals surface area contributed by atoms with Crippen LogP contribution in [0.15, 0.2) is 77.7 Å². The molecule has 32 heavy (non-hydrogen) atoms. The van der Waals surface area contributed by atoms with Gasteiger partial charge in [0.05, 0.1) is 12.0 Å². The summed E-state index contributed by atoms with van der Waals surface area (Å²) in [6.07, 6.45) is 0.691. The molecule has 0 bridgehead atoms. The van der Waals surface area contributed by atoms with E-state index in [-0.39, 0.29) is 17.4 Å². The maximum Gasteiger partial charge on any atom is 0.261 e. The maximum atomic E-state index is 12.5. The summed E-state index contributed by atoms with van der Waals surface area (Å²) in [7, 11) is -2.10. The fourth-order valence-corrected chi connectivity index (χ4v) is 4.03. The number of carbonyl (C=O) groups excluding carboxylic acids is 1. The van der Waals surface area contributed by atoms with Gasteiger partial charge in [-0.25, -0.2) is 8.42 Å². The summed E-state index contributed by atoms with van der Waals surface area (Å²) in [5.74, 6) is 0.942. The molecule has 0 fully saturated rings. The molecule has 0 heterocycles. The highest BCUT2D eigenvalue weighted by atomic mass is 32.2. The number of benzene rings is 3. The van der Waals surface area contributed by atoms with E-state index in [9.17, 15) is 13.2 Å². The van der Waals surface area contributed by atoms with Crippen LogP contribution >= 0.6 is 0 Å². The van der Waals surface area contributed by atoms with Crippen molar-refractivity contribution in [3.63, 3.8) is 0 Å². The van der Waals surface area contributed by atoms with Gasteiger partial charge in [-0.15, -0.1) is 0 Å². The van der Waals surface area contributed by atoms with Crippen molar-refractivity contribution in [3.05, 3.63) is 83.9 Å². The zero-order valence-electron chi connectivity index (χ0n) is 18.0. The fraction of sp³-hybridized carbons (Fsp3) is 0.208.